The van der Waals surface area contributed by atoms with Gasteiger partial charge in [-0.25, -0.2) is 0 Å². The first-order valence-corrected chi connectivity index (χ1v) is 4.04. The smallest absolute Gasteiger partial charge is 0.417 e. The lowest BCUT2D eigenvalue weighted by Gasteiger charge is -2.09. The van der Waals surface area contributed by atoms with Crippen molar-refractivity contribution in [2.75, 3.05) is 6.54 Å². The number of halogens is 3. The second-order valence-corrected chi connectivity index (χ2v) is 2.73. The van der Waals surface area contributed by atoms with Crippen LogP contribution in [0, 0.1) is 11.8 Å². The van der Waals surface area contributed by atoms with E-state index in [0.29, 0.717) is 6.07 Å². The molecule has 0 aliphatic carbocycles. The molecule has 0 amide bonds. The average molecular weight is 215 g/mol. The molecule has 0 aliphatic rings. The van der Waals surface area contributed by atoms with E-state index in [1.165, 1.54) is 0 Å². The van der Waals surface area contributed by atoms with Crippen molar-refractivity contribution in [3.05, 3.63) is 29.3 Å². The Morgan fingerprint density at radius 1 is 1.33 bits per heavy atom. The van der Waals surface area contributed by atoms with Crippen LogP contribution in [-0.2, 0) is 6.18 Å². The second kappa shape index (κ2) is 4.24. The zero-order valence-electron chi connectivity index (χ0n) is 7.60. The van der Waals surface area contributed by atoms with Gasteiger partial charge in [0.15, 0.2) is 0 Å². The molecule has 0 heterocycles. The van der Waals surface area contributed by atoms with Gasteiger partial charge < -0.3 is 10.8 Å². The normalized spacial score (nSPS) is 10.7. The van der Waals surface area contributed by atoms with Gasteiger partial charge in [-0.05, 0) is 18.2 Å². The fraction of sp³-hybridized carbons (Fsp3) is 0.200. The molecule has 0 saturated heterocycles. The van der Waals surface area contributed by atoms with E-state index in [1.54, 1.807) is 0 Å². The molecule has 0 aromatic heterocycles. The van der Waals surface area contributed by atoms with Crippen molar-refractivity contribution in [3.8, 4) is 17.6 Å². The summed E-state index contributed by atoms with van der Waals surface area (Å²) in [7, 11) is 0. The van der Waals surface area contributed by atoms with Crippen molar-refractivity contribution in [3.63, 3.8) is 0 Å². The number of aromatic hydroxyl groups is 1. The van der Waals surface area contributed by atoms with Crippen molar-refractivity contribution in [2.45, 2.75) is 6.18 Å². The number of alkyl halides is 3. The fourth-order valence-electron chi connectivity index (χ4n) is 1.02. The Balaban J connectivity index is 3.27. The van der Waals surface area contributed by atoms with Crippen LogP contribution < -0.4 is 5.73 Å². The van der Waals surface area contributed by atoms with Crippen LogP contribution in [0.25, 0.3) is 0 Å². The van der Waals surface area contributed by atoms with Gasteiger partial charge in [-0.15, -0.1) is 0 Å². The zero-order chi connectivity index (χ0) is 11.5. The van der Waals surface area contributed by atoms with E-state index in [0.717, 1.165) is 12.1 Å². The zero-order valence-corrected chi connectivity index (χ0v) is 7.60. The molecular weight excluding hydrogens is 207 g/mol. The maximum Gasteiger partial charge on any atom is 0.417 e. The summed E-state index contributed by atoms with van der Waals surface area (Å²) in [6.07, 6.45) is -4.53. The van der Waals surface area contributed by atoms with Gasteiger partial charge in [-0.2, -0.15) is 13.2 Å². The third-order valence-corrected chi connectivity index (χ3v) is 1.63. The lowest BCUT2D eigenvalue weighted by molar-refractivity contribution is -0.137. The first-order chi connectivity index (χ1) is 6.95. The van der Waals surface area contributed by atoms with Crippen LogP contribution in [0.1, 0.15) is 11.1 Å². The van der Waals surface area contributed by atoms with Gasteiger partial charge in [-0.1, -0.05) is 11.8 Å². The Kier molecular flexibility index (Phi) is 3.22. The van der Waals surface area contributed by atoms with Gasteiger partial charge in [0.2, 0.25) is 0 Å². The molecule has 0 saturated carbocycles. The minimum Gasteiger partial charge on any atom is -0.508 e. The van der Waals surface area contributed by atoms with Crippen LogP contribution in [0.4, 0.5) is 13.2 Å². The number of rotatable bonds is 0. The van der Waals surface area contributed by atoms with Crippen molar-refractivity contribution >= 4 is 0 Å². The monoisotopic (exact) mass is 215 g/mol. The summed E-state index contributed by atoms with van der Waals surface area (Å²) in [4.78, 5) is 0. The molecule has 0 unspecified atom stereocenters. The summed E-state index contributed by atoms with van der Waals surface area (Å²) in [6.45, 7) is -0.0157. The van der Waals surface area contributed by atoms with Gasteiger partial charge in [0.25, 0.3) is 0 Å². The highest BCUT2D eigenvalue weighted by atomic mass is 19.4. The summed E-state index contributed by atoms with van der Waals surface area (Å²) in [5, 5.41) is 8.95. The SMILES string of the molecule is NCC#Cc1ccc(O)cc1C(F)(F)F. The predicted molar refractivity (Wildman–Crippen MR) is 49.0 cm³/mol. The largest absolute Gasteiger partial charge is 0.508 e. The number of nitrogens with two attached hydrogens (primary N) is 1. The Morgan fingerprint density at radius 3 is 2.53 bits per heavy atom. The molecule has 0 atom stereocenters. The van der Waals surface area contributed by atoms with Crippen LogP contribution in [0.2, 0.25) is 0 Å². The molecule has 3 N–H and O–H groups in total. The maximum absolute atomic E-state index is 12.4. The Morgan fingerprint density at radius 2 is 2.00 bits per heavy atom. The molecule has 2 nitrogen and oxygen atoms in total. The summed E-state index contributed by atoms with van der Waals surface area (Å²) >= 11 is 0. The third-order valence-electron chi connectivity index (χ3n) is 1.63. The van der Waals surface area contributed by atoms with Crippen LogP contribution in [0.15, 0.2) is 18.2 Å². The number of hydrogen-bond donors (Lipinski definition) is 2. The lowest BCUT2D eigenvalue weighted by atomic mass is 10.1. The van der Waals surface area contributed by atoms with Crippen LogP contribution in [0.3, 0.4) is 0 Å². The van der Waals surface area contributed by atoms with Gasteiger partial charge in [0, 0.05) is 5.56 Å². The van der Waals surface area contributed by atoms with Crippen LogP contribution in [-0.4, -0.2) is 11.7 Å². The second-order valence-electron chi connectivity index (χ2n) is 2.73. The molecule has 0 radical (unpaired) electrons. The van der Waals surface area contributed by atoms with E-state index < -0.39 is 17.5 Å². The summed E-state index contributed by atoms with van der Waals surface area (Å²) in [6, 6.07) is 2.90. The van der Waals surface area contributed by atoms with Crippen molar-refractivity contribution in [2.24, 2.45) is 5.73 Å². The van der Waals surface area contributed by atoms with Crippen LogP contribution in [0.5, 0.6) is 5.75 Å². The molecule has 0 aliphatic heterocycles. The standard InChI is InChI=1S/C10H8F3NO/c11-10(12,13)9-6-8(15)4-3-7(9)2-1-5-14/h3-4,6,15H,5,14H2. The van der Waals surface area contributed by atoms with Gasteiger partial charge in [0.1, 0.15) is 5.75 Å². The topological polar surface area (TPSA) is 46.2 Å². The minimum absolute atomic E-state index is 0.0157. The van der Waals surface area contributed by atoms with Gasteiger partial charge in [-0.3, -0.25) is 0 Å². The quantitative estimate of drug-likeness (QED) is 0.647. The van der Waals surface area contributed by atoms with Crippen molar-refractivity contribution < 1.29 is 18.3 Å². The molecule has 0 spiro atoms. The number of benzene rings is 1. The first-order valence-electron chi connectivity index (χ1n) is 4.04. The van der Waals surface area contributed by atoms with Crippen molar-refractivity contribution in [1.29, 1.82) is 0 Å². The van der Waals surface area contributed by atoms with Gasteiger partial charge >= 0.3 is 6.18 Å². The van der Waals surface area contributed by atoms with E-state index >= 15 is 0 Å². The van der Waals surface area contributed by atoms with Crippen molar-refractivity contribution in [1.82, 2.24) is 0 Å². The highest BCUT2D eigenvalue weighted by Crippen LogP contribution is 2.33. The first kappa shape index (κ1) is 11.4. The molecule has 15 heavy (non-hydrogen) atoms. The summed E-state index contributed by atoms with van der Waals surface area (Å²) in [5.74, 6) is 4.19. The average Bonchev–Trinajstić information content (AvgIpc) is 2.14. The number of phenols is 1. The molecule has 0 bridgehead atoms. The predicted octanol–water partition coefficient (Wildman–Crippen LogP) is 1.72. The van der Waals surface area contributed by atoms with E-state index in [-0.39, 0.29) is 12.1 Å². The Hall–Kier alpha value is -1.67. The summed E-state index contributed by atoms with van der Waals surface area (Å²) < 4.78 is 37.3. The van der Waals surface area contributed by atoms with E-state index in [9.17, 15) is 13.2 Å². The minimum atomic E-state index is -4.53. The molecule has 80 valence electrons. The Bertz CT molecular complexity index is 415. The highest BCUT2D eigenvalue weighted by molar-refractivity contribution is 5.46. The number of hydrogen-bond acceptors (Lipinski definition) is 2. The maximum atomic E-state index is 12.4. The van der Waals surface area contributed by atoms with Gasteiger partial charge in [0.05, 0.1) is 12.1 Å². The molecule has 1 aromatic rings. The molecule has 1 aromatic carbocycles. The lowest BCUT2D eigenvalue weighted by Crippen LogP contribution is -2.07. The fourth-order valence-corrected chi connectivity index (χ4v) is 1.02. The van der Waals surface area contributed by atoms with Crippen LogP contribution >= 0.6 is 0 Å². The molecule has 0 fully saturated rings. The highest BCUT2D eigenvalue weighted by Gasteiger charge is 2.33. The number of phenolic OH excluding ortho intramolecular Hbond substituents is 1. The third kappa shape index (κ3) is 2.89. The molecule has 1 rings (SSSR count). The summed E-state index contributed by atoms with van der Waals surface area (Å²) in [5.41, 5.74) is 3.92. The Labute approximate surface area is 84.5 Å². The van der Waals surface area contributed by atoms with E-state index in [4.69, 9.17) is 10.8 Å². The van der Waals surface area contributed by atoms with E-state index in [2.05, 4.69) is 11.8 Å². The van der Waals surface area contributed by atoms with E-state index in [1.807, 2.05) is 0 Å². The molecule has 5 heteroatoms. The molecular formula is C10H8F3NO.